The molecule has 1 aromatic carbocycles. The van der Waals surface area contributed by atoms with Crippen LogP contribution in [-0.2, 0) is 0 Å². The third-order valence-electron chi connectivity index (χ3n) is 2.82. The molecule has 0 spiro atoms. The van der Waals surface area contributed by atoms with Gasteiger partial charge in [0.25, 0.3) is 0 Å². The molecule has 1 aliphatic rings. The summed E-state index contributed by atoms with van der Waals surface area (Å²) in [5.74, 6) is 0.903. The summed E-state index contributed by atoms with van der Waals surface area (Å²) in [6.45, 7) is 0. The Bertz CT molecular complexity index is 307. The summed E-state index contributed by atoms with van der Waals surface area (Å²) in [6, 6.07) is 8.73. The van der Waals surface area contributed by atoms with Crippen LogP contribution in [0.1, 0.15) is 30.9 Å². The molecule has 1 aliphatic carbocycles. The van der Waals surface area contributed by atoms with Crippen molar-refractivity contribution >= 4 is 11.8 Å². The molecule has 2 N–H and O–H groups in total. The molecule has 0 saturated heterocycles. The van der Waals surface area contributed by atoms with Gasteiger partial charge in [-0.3, -0.25) is 0 Å². The van der Waals surface area contributed by atoms with Crippen molar-refractivity contribution in [3.8, 4) is 0 Å². The van der Waals surface area contributed by atoms with E-state index in [1.165, 1.54) is 23.3 Å². The van der Waals surface area contributed by atoms with E-state index in [2.05, 4.69) is 30.5 Å². The Balaban J connectivity index is 2.11. The Labute approximate surface area is 90.1 Å². The number of rotatable bonds is 4. The summed E-state index contributed by atoms with van der Waals surface area (Å²) in [6.07, 6.45) is 6.05. The van der Waals surface area contributed by atoms with E-state index in [9.17, 15) is 0 Å². The Kier molecular flexibility index (Phi) is 3.14. The first-order valence-electron chi connectivity index (χ1n) is 5.19. The van der Waals surface area contributed by atoms with Gasteiger partial charge in [-0.2, -0.15) is 0 Å². The summed E-state index contributed by atoms with van der Waals surface area (Å²) in [7, 11) is 0. The third kappa shape index (κ3) is 2.31. The minimum absolute atomic E-state index is 0.242. The van der Waals surface area contributed by atoms with Crippen LogP contribution in [0.2, 0.25) is 0 Å². The molecule has 1 unspecified atom stereocenters. The first-order valence-corrected chi connectivity index (χ1v) is 6.42. The molecule has 1 atom stereocenters. The molecule has 1 saturated carbocycles. The van der Waals surface area contributed by atoms with Crippen LogP contribution in [0.5, 0.6) is 0 Å². The van der Waals surface area contributed by atoms with Crippen LogP contribution in [0.25, 0.3) is 0 Å². The maximum atomic E-state index is 6.20. The molecule has 0 aliphatic heterocycles. The molecule has 2 rings (SSSR count). The van der Waals surface area contributed by atoms with E-state index >= 15 is 0 Å². The molecular weight excluding hydrogens is 190 g/mol. The van der Waals surface area contributed by atoms with Gasteiger partial charge in [-0.05, 0) is 30.2 Å². The van der Waals surface area contributed by atoms with Gasteiger partial charge < -0.3 is 5.73 Å². The molecule has 14 heavy (non-hydrogen) atoms. The lowest BCUT2D eigenvalue weighted by Gasteiger charge is -2.14. The van der Waals surface area contributed by atoms with Gasteiger partial charge in [0.2, 0.25) is 0 Å². The van der Waals surface area contributed by atoms with Gasteiger partial charge in [-0.15, -0.1) is 11.8 Å². The molecule has 76 valence electrons. The molecule has 1 fully saturated rings. The molecule has 2 heteroatoms. The topological polar surface area (TPSA) is 26.0 Å². The van der Waals surface area contributed by atoms with Crippen molar-refractivity contribution in [1.29, 1.82) is 0 Å². The zero-order valence-corrected chi connectivity index (χ0v) is 9.39. The fourth-order valence-corrected chi connectivity index (χ4v) is 2.48. The number of nitrogens with two attached hydrogens (primary N) is 1. The highest BCUT2D eigenvalue weighted by atomic mass is 32.2. The fourth-order valence-electron chi connectivity index (χ4n) is 1.81. The van der Waals surface area contributed by atoms with Crippen LogP contribution in [0.15, 0.2) is 29.2 Å². The van der Waals surface area contributed by atoms with Gasteiger partial charge in [-0.1, -0.05) is 31.0 Å². The van der Waals surface area contributed by atoms with E-state index in [4.69, 9.17) is 5.73 Å². The molecule has 0 radical (unpaired) electrons. The van der Waals surface area contributed by atoms with E-state index in [-0.39, 0.29) is 6.04 Å². The van der Waals surface area contributed by atoms with Crippen LogP contribution < -0.4 is 5.73 Å². The SMILES string of the molecule is CSc1ccccc1C(N)CC1CC1. The molecule has 0 heterocycles. The molecule has 1 aromatic rings. The zero-order chi connectivity index (χ0) is 9.97. The van der Waals surface area contributed by atoms with Gasteiger partial charge in [0.05, 0.1) is 0 Å². The average molecular weight is 207 g/mol. The second kappa shape index (κ2) is 4.37. The van der Waals surface area contributed by atoms with Gasteiger partial charge >= 0.3 is 0 Å². The third-order valence-corrected chi connectivity index (χ3v) is 3.63. The van der Waals surface area contributed by atoms with E-state index in [0.717, 1.165) is 12.3 Å². The summed E-state index contributed by atoms with van der Waals surface area (Å²) in [5.41, 5.74) is 7.52. The smallest absolute Gasteiger partial charge is 0.0308 e. The highest BCUT2D eigenvalue weighted by molar-refractivity contribution is 7.98. The van der Waals surface area contributed by atoms with Gasteiger partial charge in [0.1, 0.15) is 0 Å². The lowest BCUT2D eigenvalue weighted by atomic mass is 10.0. The number of hydrogen-bond acceptors (Lipinski definition) is 2. The predicted molar refractivity (Wildman–Crippen MR) is 62.5 cm³/mol. The van der Waals surface area contributed by atoms with Crippen molar-refractivity contribution in [3.05, 3.63) is 29.8 Å². The Morgan fingerprint density at radius 1 is 1.43 bits per heavy atom. The van der Waals surface area contributed by atoms with Gasteiger partial charge in [0, 0.05) is 10.9 Å². The fraction of sp³-hybridized carbons (Fsp3) is 0.500. The van der Waals surface area contributed by atoms with Gasteiger partial charge in [0.15, 0.2) is 0 Å². The summed E-state index contributed by atoms with van der Waals surface area (Å²) >= 11 is 1.79. The standard InChI is InChI=1S/C12H17NS/c1-14-12-5-3-2-4-10(12)11(13)8-9-6-7-9/h2-5,9,11H,6-8,13H2,1H3. The molecule has 1 nitrogen and oxygen atoms in total. The molecule has 0 amide bonds. The van der Waals surface area contributed by atoms with Crippen molar-refractivity contribution in [3.63, 3.8) is 0 Å². The maximum absolute atomic E-state index is 6.20. The van der Waals surface area contributed by atoms with Gasteiger partial charge in [-0.25, -0.2) is 0 Å². The maximum Gasteiger partial charge on any atom is 0.0308 e. The largest absolute Gasteiger partial charge is 0.324 e. The van der Waals surface area contributed by atoms with Crippen LogP contribution >= 0.6 is 11.8 Å². The van der Waals surface area contributed by atoms with Crippen LogP contribution in [0.4, 0.5) is 0 Å². The Morgan fingerprint density at radius 3 is 2.79 bits per heavy atom. The van der Waals surface area contributed by atoms with E-state index in [0.29, 0.717) is 0 Å². The van der Waals surface area contributed by atoms with E-state index in [1.54, 1.807) is 11.8 Å². The second-order valence-electron chi connectivity index (χ2n) is 4.03. The van der Waals surface area contributed by atoms with E-state index < -0.39 is 0 Å². The first-order chi connectivity index (χ1) is 6.81. The van der Waals surface area contributed by atoms with E-state index in [1.807, 2.05) is 0 Å². The van der Waals surface area contributed by atoms with Crippen molar-refractivity contribution in [2.45, 2.75) is 30.2 Å². The van der Waals surface area contributed by atoms with Crippen molar-refractivity contribution in [1.82, 2.24) is 0 Å². The van der Waals surface area contributed by atoms with Crippen molar-refractivity contribution in [2.75, 3.05) is 6.26 Å². The highest BCUT2D eigenvalue weighted by Crippen LogP contribution is 2.38. The lowest BCUT2D eigenvalue weighted by molar-refractivity contribution is 0.589. The minimum Gasteiger partial charge on any atom is -0.324 e. The Morgan fingerprint density at radius 2 is 2.14 bits per heavy atom. The monoisotopic (exact) mass is 207 g/mol. The minimum atomic E-state index is 0.242. The van der Waals surface area contributed by atoms with Crippen LogP contribution in [-0.4, -0.2) is 6.26 Å². The number of thioether (sulfide) groups is 1. The Hall–Kier alpha value is -0.470. The highest BCUT2D eigenvalue weighted by Gasteiger charge is 2.25. The lowest BCUT2D eigenvalue weighted by Crippen LogP contribution is -2.11. The first kappa shape index (κ1) is 10.1. The second-order valence-corrected chi connectivity index (χ2v) is 4.88. The predicted octanol–water partition coefficient (Wildman–Crippen LogP) is 3.21. The van der Waals surface area contributed by atoms with Crippen molar-refractivity contribution < 1.29 is 0 Å². The normalized spacial score (nSPS) is 18.1. The molecular formula is C12H17NS. The summed E-state index contributed by atoms with van der Waals surface area (Å²) < 4.78 is 0. The summed E-state index contributed by atoms with van der Waals surface area (Å²) in [5, 5.41) is 0. The van der Waals surface area contributed by atoms with Crippen molar-refractivity contribution in [2.24, 2.45) is 11.7 Å². The quantitative estimate of drug-likeness (QED) is 0.767. The summed E-state index contributed by atoms with van der Waals surface area (Å²) in [4.78, 5) is 1.33. The zero-order valence-electron chi connectivity index (χ0n) is 8.57. The van der Waals surface area contributed by atoms with Crippen LogP contribution in [0.3, 0.4) is 0 Å². The number of hydrogen-bond donors (Lipinski definition) is 1. The number of benzene rings is 1. The molecule has 0 aromatic heterocycles. The van der Waals surface area contributed by atoms with Crippen LogP contribution in [0, 0.1) is 5.92 Å². The molecule has 0 bridgehead atoms. The average Bonchev–Trinajstić information content (AvgIpc) is 3.01.